The van der Waals surface area contributed by atoms with Crippen molar-refractivity contribution in [1.82, 2.24) is 15.5 Å². The number of piperazine rings is 1. The predicted octanol–water partition coefficient (Wildman–Crippen LogP) is 3.87. The molecule has 1 aliphatic heterocycles. The lowest BCUT2D eigenvalue weighted by Crippen LogP contribution is -2.60. The second kappa shape index (κ2) is 14.1. The van der Waals surface area contributed by atoms with Crippen molar-refractivity contribution in [3.63, 3.8) is 0 Å². The third kappa shape index (κ3) is 8.82. The molecule has 2 amide bonds. The number of ether oxygens (including phenoxy) is 2. The lowest BCUT2D eigenvalue weighted by atomic mass is 10.1. The van der Waals surface area contributed by atoms with E-state index in [-0.39, 0.29) is 24.0 Å². The van der Waals surface area contributed by atoms with Crippen molar-refractivity contribution in [2.24, 2.45) is 5.92 Å². The van der Waals surface area contributed by atoms with Gasteiger partial charge in [0.05, 0.1) is 24.1 Å². The van der Waals surface area contributed by atoms with Gasteiger partial charge in [-0.1, -0.05) is 44.2 Å². The number of halogens is 1. The molecule has 37 heavy (non-hydrogen) atoms. The van der Waals surface area contributed by atoms with Gasteiger partial charge in [0, 0.05) is 18.7 Å². The molecule has 1 fully saturated rings. The summed E-state index contributed by atoms with van der Waals surface area (Å²) >= 11 is 8.89. The molecular weight excluding hydrogens is 558 g/mol. The Morgan fingerprint density at radius 2 is 1.97 bits per heavy atom. The number of rotatable bonds is 10. The minimum absolute atomic E-state index is 0.0815. The maximum atomic E-state index is 12.9. The fourth-order valence-corrected chi connectivity index (χ4v) is 4.55. The Kier molecular flexibility index (Phi) is 10.9. The summed E-state index contributed by atoms with van der Waals surface area (Å²) in [6.07, 6.45) is 1.31. The lowest BCUT2D eigenvalue weighted by Gasteiger charge is -2.36. The molecule has 198 valence electrons. The van der Waals surface area contributed by atoms with E-state index >= 15 is 0 Å². The monoisotopic (exact) mass is 589 g/mol. The third-order valence-corrected chi connectivity index (χ3v) is 6.61. The van der Waals surface area contributed by atoms with Gasteiger partial charge in [0.2, 0.25) is 5.91 Å². The number of esters is 1. The molecule has 0 aromatic heterocycles. The molecule has 0 spiro atoms. The maximum absolute atomic E-state index is 12.9. The molecule has 3 rings (SSSR count). The average Bonchev–Trinajstić information content (AvgIpc) is 2.87. The Bertz CT molecular complexity index is 1110. The number of hydrogen-bond acceptors (Lipinski definition) is 6. The van der Waals surface area contributed by atoms with Gasteiger partial charge < -0.3 is 19.7 Å². The van der Waals surface area contributed by atoms with E-state index < -0.39 is 17.9 Å². The molecule has 2 aromatic rings. The molecule has 1 aliphatic rings. The number of thiocarbonyl (C=S) groups is 1. The normalized spacial score (nSPS) is 15.2. The van der Waals surface area contributed by atoms with Crippen LogP contribution in [0.2, 0.25) is 0 Å². The first-order valence-corrected chi connectivity index (χ1v) is 13.5. The molecule has 0 bridgehead atoms. The summed E-state index contributed by atoms with van der Waals surface area (Å²) in [4.78, 5) is 39.4. The summed E-state index contributed by atoms with van der Waals surface area (Å²) in [5, 5.41) is 5.51. The number of amides is 2. The quantitative estimate of drug-likeness (QED) is 0.247. The number of aryl methyl sites for hydroxylation is 1. The largest absolute Gasteiger partial charge is 0.492 e. The first-order valence-electron chi connectivity index (χ1n) is 12.3. The van der Waals surface area contributed by atoms with Crippen molar-refractivity contribution in [2.75, 3.05) is 26.3 Å². The van der Waals surface area contributed by atoms with Crippen molar-refractivity contribution in [1.29, 1.82) is 0 Å². The second-order valence-electron chi connectivity index (χ2n) is 9.12. The standard InChI is InChI=1S/C27H32BrN3O5S/c1-18(2)17-36-23-11-10-20(15-21(23)28)25(33)30-27(37)31-13-12-29-26(34)22(31)16-24(32)35-14-6-9-19-7-4-3-5-8-19/h3-5,7-8,10-11,15,18,22H,6,9,12-14,16-17H2,1-2H3,(H,29,34)(H,30,33,37). The minimum atomic E-state index is -0.860. The topological polar surface area (TPSA) is 97.0 Å². The fourth-order valence-electron chi connectivity index (χ4n) is 3.74. The summed E-state index contributed by atoms with van der Waals surface area (Å²) in [6.45, 7) is 5.64. The molecule has 0 radical (unpaired) electrons. The van der Waals surface area contributed by atoms with Crippen LogP contribution in [0, 0.1) is 5.92 Å². The van der Waals surface area contributed by atoms with Crippen LogP contribution in [0.3, 0.4) is 0 Å². The molecule has 2 N–H and O–H groups in total. The Hall–Kier alpha value is -2.98. The zero-order valence-corrected chi connectivity index (χ0v) is 23.4. The predicted molar refractivity (Wildman–Crippen MR) is 148 cm³/mol. The van der Waals surface area contributed by atoms with Gasteiger partial charge in [0.1, 0.15) is 11.8 Å². The first-order chi connectivity index (χ1) is 17.7. The van der Waals surface area contributed by atoms with Gasteiger partial charge >= 0.3 is 5.97 Å². The highest BCUT2D eigenvalue weighted by molar-refractivity contribution is 9.10. The van der Waals surface area contributed by atoms with Crippen LogP contribution < -0.4 is 15.4 Å². The highest BCUT2D eigenvalue weighted by atomic mass is 79.9. The molecule has 1 heterocycles. The molecule has 1 saturated heterocycles. The second-order valence-corrected chi connectivity index (χ2v) is 10.4. The summed E-state index contributed by atoms with van der Waals surface area (Å²) in [6, 6.07) is 14.1. The molecule has 1 atom stereocenters. The van der Waals surface area contributed by atoms with Gasteiger partial charge in [0.15, 0.2) is 5.11 Å². The van der Waals surface area contributed by atoms with E-state index in [4.69, 9.17) is 21.7 Å². The van der Waals surface area contributed by atoms with Crippen LogP contribution in [0.5, 0.6) is 5.75 Å². The van der Waals surface area contributed by atoms with Crippen LogP contribution in [0.1, 0.15) is 42.6 Å². The summed E-state index contributed by atoms with van der Waals surface area (Å²) in [5.41, 5.74) is 1.55. The van der Waals surface area contributed by atoms with Gasteiger partial charge in [-0.25, -0.2) is 0 Å². The van der Waals surface area contributed by atoms with Crippen molar-refractivity contribution in [3.05, 3.63) is 64.1 Å². The molecule has 1 unspecified atom stereocenters. The van der Waals surface area contributed by atoms with Crippen molar-refractivity contribution >= 4 is 51.0 Å². The molecular formula is C27H32BrN3O5S. The Morgan fingerprint density at radius 3 is 2.68 bits per heavy atom. The van der Waals surface area contributed by atoms with E-state index in [1.54, 1.807) is 23.1 Å². The molecule has 0 saturated carbocycles. The number of carbonyl (C=O) groups excluding carboxylic acids is 3. The number of carbonyl (C=O) groups is 3. The third-order valence-electron chi connectivity index (χ3n) is 5.65. The van der Waals surface area contributed by atoms with Crippen LogP contribution in [-0.2, 0) is 20.7 Å². The van der Waals surface area contributed by atoms with Crippen LogP contribution in [0.25, 0.3) is 0 Å². The Balaban J connectivity index is 1.53. The van der Waals surface area contributed by atoms with Gasteiger partial charge in [-0.15, -0.1) is 0 Å². The number of hydrogen-bond donors (Lipinski definition) is 2. The molecule has 10 heteroatoms. The van der Waals surface area contributed by atoms with E-state index in [9.17, 15) is 14.4 Å². The van der Waals surface area contributed by atoms with Gasteiger partial charge in [0.25, 0.3) is 5.91 Å². The highest BCUT2D eigenvalue weighted by Gasteiger charge is 2.34. The smallest absolute Gasteiger partial charge is 0.308 e. The zero-order chi connectivity index (χ0) is 26.8. The SMILES string of the molecule is CC(C)COc1ccc(C(=O)NC(=S)N2CCNC(=O)C2CC(=O)OCCCc2ccccc2)cc1Br. The van der Waals surface area contributed by atoms with E-state index in [0.717, 1.165) is 6.42 Å². The summed E-state index contributed by atoms with van der Waals surface area (Å²) in [5.74, 6) is -0.237. The van der Waals surface area contributed by atoms with Crippen molar-refractivity contribution in [2.45, 2.75) is 39.2 Å². The van der Waals surface area contributed by atoms with Crippen LogP contribution in [0.4, 0.5) is 0 Å². The van der Waals surface area contributed by atoms with Crippen molar-refractivity contribution in [3.8, 4) is 5.75 Å². The van der Waals surface area contributed by atoms with Gasteiger partial charge in [-0.05, 0) is 70.7 Å². The number of benzene rings is 2. The van der Waals surface area contributed by atoms with Crippen LogP contribution >= 0.6 is 28.1 Å². The van der Waals surface area contributed by atoms with E-state index in [0.29, 0.717) is 47.8 Å². The molecule has 8 nitrogen and oxygen atoms in total. The number of nitrogens with zero attached hydrogens (tertiary/aromatic N) is 1. The average molecular weight is 591 g/mol. The Morgan fingerprint density at radius 1 is 1.22 bits per heavy atom. The number of nitrogens with one attached hydrogen (secondary N) is 2. The minimum Gasteiger partial charge on any atom is -0.492 e. The van der Waals surface area contributed by atoms with Gasteiger partial charge in [-0.3, -0.25) is 19.7 Å². The van der Waals surface area contributed by atoms with Crippen molar-refractivity contribution < 1.29 is 23.9 Å². The Labute approximate surface area is 231 Å². The highest BCUT2D eigenvalue weighted by Crippen LogP contribution is 2.26. The van der Waals surface area contributed by atoms with Crippen LogP contribution in [0.15, 0.2) is 53.0 Å². The molecule has 2 aromatic carbocycles. The van der Waals surface area contributed by atoms with Crippen LogP contribution in [-0.4, -0.2) is 60.1 Å². The summed E-state index contributed by atoms with van der Waals surface area (Å²) in [7, 11) is 0. The van der Waals surface area contributed by atoms with E-state index in [1.165, 1.54) is 5.56 Å². The summed E-state index contributed by atoms with van der Waals surface area (Å²) < 4.78 is 11.7. The first kappa shape index (κ1) is 28.6. The molecule has 0 aliphatic carbocycles. The maximum Gasteiger partial charge on any atom is 0.308 e. The van der Waals surface area contributed by atoms with Gasteiger partial charge in [-0.2, -0.15) is 0 Å². The zero-order valence-electron chi connectivity index (χ0n) is 21.0. The van der Waals surface area contributed by atoms with E-state index in [1.807, 2.05) is 30.3 Å². The van der Waals surface area contributed by atoms with E-state index in [2.05, 4.69) is 40.4 Å². The lowest BCUT2D eigenvalue weighted by molar-refractivity contribution is -0.147. The fraction of sp³-hybridized carbons (Fsp3) is 0.407.